The van der Waals surface area contributed by atoms with Crippen molar-refractivity contribution in [3.63, 3.8) is 0 Å². The molecule has 1 atom stereocenters. The number of hydrogen-bond donors (Lipinski definition) is 0. The summed E-state index contributed by atoms with van der Waals surface area (Å²) in [5.41, 5.74) is 1.32. The van der Waals surface area contributed by atoms with Crippen molar-refractivity contribution >= 4 is 0 Å². The Morgan fingerprint density at radius 3 is 2.86 bits per heavy atom. The molecule has 0 N–H and O–H groups in total. The molecule has 0 amide bonds. The highest BCUT2D eigenvalue weighted by atomic mass is 16.5. The maximum Gasteiger partial charge on any atom is 0.119 e. The highest BCUT2D eigenvalue weighted by Gasteiger charge is 2.00. The molecular formula is C19H24O2. The normalized spacial score (nSPS) is 12.7. The highest BCUT2D eigenvalue weighted by molar-refractivity contribution is 5.28. The molecule has 2 aromatic rings. The SMILES string of the molecule is COc1cccc(CC/C=C/C(C)CCc2ccco2)c1. The van der Waals surface area contributed by atoms with E-state index in [0.29, 0.717) is 5.92 Å². The predicted molar refractivity (Wildman–Crippen MR) is 86.6 cm³/mol. The van der Waals surface area contributed by atoms with Gasteiger partial charge in [0.05, 0.1) is 13.4 Å². The monoisotopic (exact) mass is 284 g/mol. The van der Waals surface area contributed by atoms with E-state index in [9.17, 15) is 0 Å². The molecule has 1 aromatic carbocycles. The lowest BCUT2D eigenvalue weighted by Gasteiger charge is -2.05. The average Bonchev–Trinajstić information content (AvgIpc) is 3.03. The molecule has 0 saturated heterocycles. The Morgan fingerprint density at radius 1 is 1.19 bits per heavy atom. The number of ether oxygens (including phenoxy) is 1. The minimum Gasteiger partial charge on any atom is -0.497 e. The number of allylic oxidation sites excluding steroid dienone is 2. The Hall–Kier alpha value is -1.96. The van der Waals surface area contributed by atoms with E-state index in [2.05, 4.69) is 31.2 Å². The van der Waals surface area contributed by atoms with E-state index < -0.39 is 0 Å². The number of aryl methyl sites for hydroxylation is 2. The van der Waals surface area contributed by atoms with Gasteiger partial charge in [-0.2, -0.15) is 0 Å². The summed E-state index contributed by atoms with van der Waals surface area (Å²) in [6.07, 6.45) is 10.6. The van der Waals surface area contributed by atoms with Crippen molar-refractivity contribution in [1.29, 1.82) is 0 Å². The van der Waals surface area contributed by atoms with Crippen molar-refractivity contribution < 1.29 is 9.15 Å². The average molecular weight is 284 g/mol. The van der Waals surface area contributed by atoms with Crippen LogP contribution in [0.15, 0.2) is 59.2 Å². The summed E-state index contributed by atoms with van der Waals surface area (Å²) in [6, 6.07) is 12.3. The fourth-order valence-corrected chi connectivity index (χ4v) is 2.33. The van der Waals surface area contributed by atoms with Gasteiger partial charge >= 0.3 is 0 Å². The number of hydrogen-bond acceptors (Lipinski definition) is 2. The molecule has 2 nitrogen and oxygen atoms in total. The molecular weight excluding hydrogens is 260 g/mol. The smallest absolute Gasteiger partial charge is 0.119 e. The summed E-state index contributed by atoms with van der Waals surface area (Å²) in [5.74, 6) is 2.59. The lowest BCUT2D eigenvalue weighted by atomic mass is 10.0. The minimum absolute atomic E-state index is 0.584. The fraction of sp³-hybridized carbons (Fsp3) is 0.368. The van der Waals surface area contributed by atoms with Crippen molar-refractivity contribution in [2.24, 2.45) is 5.92 Å². The van der Waals surface area contributed by atoms with Crippen molar-refractivity contribution in [2.45, 2.75) is 32.6 Å². The molecule has 0 spiro atoms. The zero-order valence-electron chi connectivity index (χ0n) is 12.9. The third-order valence-corrected chi connectivity index (χ3v) is 3.62. The molecule has 0 aliphatic carbocycles. The first-order valence-corrected chi connectivity index (χ1v) is 7.60. The molecule has 1 heterocycles. The predicted octanol–water partition coefficient (Wildman–Crippen LogP) is 5.05. The molecule has 0 bridgehead atoms. The quantitative estimate of drug-likeness (QED) is 0.633. The van der Waals surface area contributed by atoms with Crippen molar-refractivity contribution in [3.8, 4) is 5.75 Å². The van der Waals surface area contributed by atoms with Crippen LogP contribution in [0.5, 0.6) is 5.75 Å². The number of rotatable bonds is 8. The van der Waals surface area contributed by atoms with E-state index in [0.717, 1.165) is 37.2 Å². The van der Waals surface area contributed by atoms with Crippen molar-refractivity contribution in [1.82, 2.24) is 0 Å². The van der Waals surface area contributed by atoms with E-state index in [1.165, 1.54) is 5.56 Å². The summed E-state index contributed by atoms with van der Waals surface area (Å²) >= 11 is 0. The van der Waals surface area contributed by atoms with Crippen LogP contribution in [-0.2, 0) is 12.8 Å². The summed E-state index contributed by atoms with van der Waals surface area (Å²) < 4.78 is 10.6. The van der Waals surface area contributed by atoms with Crippen LogP contribution in [-0.4, -0.2) is 7.11 Å². The minimum atomic E-state index is 0.584. The summed E-state index contributed by atoms with van der Waals surface area (Å²) in [4.78, 5) is 0. The molecule has 2 rings (SSSR count). The summed E-state index contributed by atoms with van der Waals surface area (Å²) in [6.45, 7) is 2.25. The van der Waals surface area contributed by atoms with Gasteiger partial charge in [0, 0.05) is 6.42 Å². The number of furan rings is 1. The Kier molecular flexibility index (Phi) is 6.14. The van der Waals surface area contributed by atoms with Gasteiger partial charge in [-0.25, -0.2) is 0 Å². The van der Waals surface area contributed by atoms with Gasteiger partial charge in [0.15, 0.2) is 0 Å². The second-order valence-corrected chi connectivity index (χ2v) is 5.41. The van der Waals surface area contributed by atoms with Crippen LogP contribution in [0.4, 0.5) is 0 Å². The first-order valence-electron chi connectivity index (χ1n) is 7.60. The first kappa shape index (κ1) is 15.4. The molecule has 112 valence electrons. The fourth-order valence-electron chi connectivity index (χ4n) is 2.33. The summed E-state index contributed by atoms with van der Waals surface area (Å²) in [5, 5.41) is 0. The van der Waals surface area contributed by atoms with Crippen molar-refractivity contribution in [3.05, 3.63) is 66.1 Å². The Balaban J connectivity index is 1.69. The first-order chi connectivity index (χ1) is 10.3. The van der Waals surface area contributed by atoms with Gasteiger partial charge < -0.3 is 9.15 Å². The molecule has 0 saturated carbocycles. The summed E-state index contributed by atoms with van der Waals surface area (Å²) in [7, 11) is 1.71. The zero-order chi connectivity index (χ0) is 14.9. The van der Waals surface area contributed by atoms with E-state index in [1.807, 2.05) is 24.3 Å². The van der Waals surface area contributed by atoms with Gasteiger partial charge in [0.1, 0.15) is 11.5 Å². The maximum absolute atomic E-state index is 5.35. The van der Waals surface area contributed by atoms with Gasteiger partial charge in [0.2, 0.25) is 0 Å². The van der Waals surface area contributed by atoms with Crippen LogP contribution >= 0.6 is 0 Å². The van der Waals surface area contributed by atoms with Gasteiger partial charge in [-0.3, -0.25) is 0 Å². The van der Waals surface area contributed by atoms with Crippen molar-refractivity contribution in [2.75, 3.05) is 7.11 Å². The molecule has 0 fully saturated rings. The standard InChI is InChI=1S/C19H24O2/c1-16(12-13-18-11-6-14-21-18)7-3-4-8-17-9-5-10-19(15-17)20-2/h3,5-7,9-11,14-16H,4,8,12-13H2,1-2H3/b7-3+. The molecule has 0 aliphatic heterocycles. The second kappa shape index (κ2) is 8.35. The van der Waals surface area contributed by atoms with E-state index in [-0.39, 0.29) is 0 Å². The van der Waals surface area contributed by atoms with Gasteiger partial charge in [-0.05, 0) is 55.0 Å². The molecule has 0 aliphatic rings. The van der Waals surface area contributed by atoms with Crippen LogP contribution in [0, 0.1) is 5.92 Å². The molecule has 21 heavy (non-hydrogen) atoms. The number of methoxy groups -OCH3 is 1. The van der Waals surface area contributed by atoms with E-state index in [1.54, 1.807) is 13.4 Å². The zero-order valence-corrected chi connectivity index (χ0v) is 12.9. The van der Waals surface area contributed by atoms with Gasteiger partial charge in [0.25, 0.3) is 0 Å². The molecule has 1 aromatic heterocycles. The molecule has 2 heteroatoms. The lowest BCUT2D eigenvalue weighted by Crippen LogP contribution is -1.93. The third-order valence-electron chi connectivity index (χ3n) is 3.62. The van der Waals surface area contributed by atoms with E-state index in [4.69, 9.17) is 9.15 Å². The Bertz CT molecular complexity index is 540. The number of benzene rings is 1. The molecule has 0 radical (unpaired) electrons. The maximum atomic E-state index is 5.35. The van der Waals surface area contributed by atoms with Crippen LogP contribution < -0.4 is 4.74 Å². The third kappa shape index (κ3) is 5.50. The largest absolute Gasteiger partial charge is 0.497 e. The molecule has 1 unspecified atom stereocenters. The Labute approximate surface area is 127 Å². The van der Waals surface area contributed by atoms with Crippen LogP contribution in [0.3, 0.4) is 0 Å². The second-order valence-electron chi connectivity index (χ2n) is 5.41. The topological polar surface area (TPSA) is 22.4 Å². The van der Waals surface area contributed by atoms with Crippen LogP contribution in [0.25, 0.3) is 0 Å². The van der Waals surface area contributed by atoms with Gasteiger partial charge in [-0.15, -0.1) is 0 Å². The van der Waals surface area contributed by atoms with E-state index >= 15 is 0 Å². The lowest BCUT2D eigenvalue weighted by molar-refractivity contribution is 0.414. The van der Waals surface area contributed by atoms with Gasteiger partial charge in [-0.1, -0.05) is 31.2 Å². The van der Waals surface area contributed by atoms with Crippen LogP contribution in [0.2, 0.25) is 0 Å². The Morgan fingerprint density at radius 2 is 2.10 bits per heavy atom. The van der Waals surface area contributed by atoms with Crippen LogP contribution in [0.1, 0.15) is 31.1 Å². The highest BCUT2D eigenvalue weighted by Crippen LogP contribution is 2.15.